The minimum Gasteiger partial charge on any atom is -0.0843 e. The predicted octanol–water partition coefficient (Wildman–Crippen LogP) is 8.00. The highest BCUT2D eigenvalue weighted by Crippen LogP contribution is 2.38. The van der Waals surface area contributed by atoms with Crippen molar-refractivity contribution in [3.63, 3.8) is 0 Å². The molecule has 0 nitrogen and oxygen atoms in total. The maximum absolute atomic E-state index is 6.36. The van der Waals surface area contributed by atoms with Crippen molar-refractivity contribution in [3.05, 3.63) is 141 Å². The molecular weight excluding hydrogens is 383 g/mol. The molecule has 0 aromatic heterocycles. The molecule has 0 aliphatic rings. The van der Waals surface area contributed by atoms with E-state index in [4.69, 9.17) is 23.2 Å². The van der Waals surface area contributed by atoms with Crippen LogP contribution >= 0.6 is 23.2 Å². The minimum absolute atomic E-state index is 0.706. The number of hydrogen-bond donors (Lipinski definition) is 0. The molecule has 4 aromatic carbocycles. The average molecular weight is 401 g/mol. The molecule has 2 heteroatoms. The lowest BCUT2D eigenvalue weighted by atomic mass is 9.86. The van der Waals surface area contributed by atoms with Gasteiger partial charge in [0.05, 0.1) is 0 Å². The van der Waals surface area contributed by atoms with E-state index in [1.54, 1.807) is 0 Å². The van der Waals surface area contributed by atoms with Crippen LogP contribution in [-0.4, -0.2) is 0 Å². The van der Waals surface area contributed by atoms with Crippen molar-refractivity contribution in [1.29, 1.82) is 0 Å². The van der Waals surface area contributed by atoms with E-state index in [1.165, 1.54) is 0 Å². The minimum atomic E-state index is 0.706. The molecule has 0 aliphatic carbocycles. The number of rotatable bonds is 4. The third kappa shape index (κ3) is 4.04. The molecule has 4 aromatic rings. The van der Waals surface area contributed by atoms with Crippen molar-refractivity contribution >= 4 is 34.3 Å². The molecule has 0 saturated carbocycles. The van der Waals surface area contributed by atoms with Gasteiger partial charge in [0.15, 0.2) is 0 Å². The van der Waals surface area contributed by atoms with E-state index in [9.17, 15) is 0 Å². The van der Waals surface area contributed by atoms with E-state index in [0.717, 1.165) is 33.4 Å². The van der Waals surface area contributed by atoms with Gasteiger partial charge in [-0.2, -0.15) is 0 Å². The first-order valence-corrected chi connectivity index (χ1v) is 9.85. The molecule has 136 valence electrons. The number of halogens is 2. The molecule has 4 rings (SSSR count). The quantitative estimate of drug-likeness (QED) is 0.304. The Kier molecular flexibility index (Phi) is 5.62. The van der Waals surface area contributed by atoms with Crippen molar-refractivity contribution < 1.29 is 0 Å². The molecule has 0 unspecified atom stereocenters. The zero-order chi connectivity index (χ0) is 19.3. The molecule has 0 aliphatic heterocycles. The fraction of sp³-hybridized carbons (Fsp3) is 0. The van der Waals surface area contributed by atoms with Gasteiger partial charge in [-0.1, -0.05) is 108 Å². The molecule has 0 saturated heterocycles. The summed E-state index contributed by atoms with van der Waals surface area (Å²) in [6, 6.07) is 36.8. The Labute approximate surface area is 175 Å². The summed E-state index contributed by atoms with van der Waals surface area (Å²) in [5, 5.41) is 1.41. The summed E-state index contributed by atoms with van der Waals surface area (Å²) in [5.41, 5.74) is 6.63. The van der Waals surface area contributed by atoms with Gasteiger partial charge in [0, 0.05) is 10.0 Å². The Morgan fingerprint density at radius 1 is 0.393 bits per heavy atom. The highest BCUT2D eigenvalue weighted by Gasteiger charge is 2.16. The van der Waals surface area contributed by atoms with Gasteiger partial charge in [-0.05, 0) is 57.7 Å². The van der Waals surface area contributed by atoms with E-state index in [0.29, 0.717) is 10.0 Å². The monoisotopic (exact) mass is 400 g/mol. The van der Waals surface area contributed by atoms with Crippen LogP contribution in [0.5, 0.6) is 0 Å². The topological polar surface area (TPSA) is 0 Å². The summed E-state index contributed by atoms with van der Waals surface area (Å²) in [5.74, 6) is 0. The Bertz CT molecular complexity index is 1020. The molecule has 0 amide bonds. The molecule has 0 fully saturated rings. The lowest BCUT2D eigenvalue weighted by molar-refractivity contribution is 1.50. The smallest absolute Gasteiger partial charge is 0.0412 e. The maximum Gasteiger partial charge on any atom is 0.0412 e. The SMILES string of the molecule is Clc1cccc(C(=C(c2ccccc2)c2ccccc2)c2cccc(Cl)c2)c1. The van der Waals surface area contributed by atoms with Crippen molar-refractivity contribution in [1.82, 2.24) is 0 Å². The Morgan fingerprint density at radius 2 is 0.750 bits per heavy atom. The van der Waals surface area contributed by atoms with Crippen LogP contribution in [-0.2, 0) is 0 Å². The van der Waals surface area contributed by atoms with Crippen LogP contribution in [0, 0.1) is 0 Å². The molecule has 0 bridgehead atoms. The van der Waals surface area contributed by atoms with Gasteiger partial charge in [0.2, 0.25) is 0 Å². The molecule has 0 radical (unpaired) electrons. The van der Waals surface area contributed by atoms with Crippen molar-refractivity contribution in [3.8, 4) is 0 Å². The van der Waals surface area contributed by atoms with Gasteiger partial charge in [-0.15, -0.1) is 0 Å². The van der Waals surface area contributed by atoms with E-state index in [2.05, 4.69) is 60.7 Å². The summed E-state index contributed by atoms with van der Waals surface area (Å²) in [6.45, 7) is 0. The van der Waals surface area contributed by atoms with Gasteiger partial charge in [-0.25, -0.2) is 0 Å². The zero-order valence-corrected chi connectivity index (χ0v) is 16.7. The molecular formula is C26H18Cl2. The van der Waals surface area contributed by atoms with Crippen LogP contribution in [0.2, 0.25) is 10.0 Å². The fourth-order valence-corrected chi connectivity index (χ4v) is 3.79. The van der Waals surface area contributed by atoms with Crippen molar-refractivity contribution in [2.24, 2.45) is 0 Å². The van der Waals surface area contributed by atoms with E-state index in [-0.39, 0.29) is 0 Å². The second-order valence-corrected chi connectivity index (χ2v) is 7.38. The van der Waals surface area contributed by atoms with Crippen molar-refractivity contribution in [2.75, 3.05) is 0 Å². The zero-order valence-electron chi connectivity index (χ0n) is 15.1. The standard InChI is InChI=1S/C26H18Cl2/c27-23-15-7-13-21(17-23)26(22-14-8-16-24(28)18-22)25(19-9-3-1-4-10-19)20-11-5-2-6-12-20/h1-18H. The van der Waals surface area contributed by atoms with E-state index in [1.807, 2.05) is 48.5 Å². The first-order valence-electron chi connectivity index (χ1n) is 9.09. The third-order valence-corrected chi connectivity index (χ3v) is 5.07. The van der Waals surface area contributed by atoms with Gasteiger partial charge in [0.1, 0.15) is 0 Å². The van der Waals surface area contributed by atoms with Gasteiger partial charge in [0.25, 0.3) is 0 Å². The fourth-order valence-electron chi connectivity index (χ4n) is 3.41. The summed E-state index contributed by atoms with van der Waals surface area (Å²) >= 11 is 12.7. The predicted molar refractivity (Wildman–Crippen MR) is 121 cm³/mol. The Hall–Kier alpha value is -2.80. The van der Waals surface area contributed by atoms with Crippen LogP contribution in [0.1, 0.15) is 22.3 Å². The third-order valence-electron chi connectivity index (χ3n) is 4.60. The summed E-state index contributed by atoms with van der Waals surface area (Å²) in [7, 11) is 0. The maximum atomic E-state index is 6.36. The molecule has 0 atom stereocenters. The van der Waals surface area contributed by atoms with Gasteiger partial charge in [-0.3, -0.25) is 0 Å². The normalized spacial score (nSPS) is 10.5. The van der Waals surface area contributed by atoms with Crippen molar-refractivity contribution in [2.45, 2.75) is 0 Å². The van der Waals surface area contributed by atoms with E-state index < -0.39 is 0 Å². The average Bonchev–Trinajstić information content (AvgIpc) is 2.73. The highest BCUT2D eigenvalue weighted by molar-refractivity contribution is 6.31. The number of benzene rings is 4. The first-order chi connectivity index (χ1) is 13.7. The van der Waals surface area contributed by atoms with Gasteiger partial charge < -0.3 is 0 Å². The van der Waals surface area contributed by atoms with Crippen LogP contribution < -0.4 is 0 Å². The molecule has 0 N–H and O–H groups in total. The van der Waals surface area contributed by atoms with Crippen LogP contribution in [0.25, 0.3) is 11.1 Å². The largest absolute Gasteiger partial charge is 0.0843 e. The second-order valence-electron chi connectivity index (χ2n) is 6.50. The lowest BCUT2D eigenvalue weighted by Gasteiger charge is -2.18. The summed E-state index contributed by atoms with van der Waals surface area (Å²) in [6.07, 6.45) is 0. The summed E-state index contributed by atoms with van der Waals surface area (Å²) < 4.78 is 0. The van der Waals surface area contributed by atoms with Crippen LogP contribution in [0.3, 0.4) is 0 Å². The Balaban J connectivity index is 2.12. The molecule has 0 spiro atoms. The number of hydrogen-bond acceptors (Lipinski definition) is 0. The Morgan fingerprint density at radius 3 is 1.14 bits per heavy atom. The first kappa shape index (κ1) is 18.6. The van der Waals surface area contributed by atoms with Crippen LogP contribution in [0.15, 0.2) is 109 Å². The second kappa shape index (κ2) is 8.48. The molecule has 28 heavy (non-hydrogen) atoms. The molecule has 0 heterocycles. The highest BCUT2D eigenvalue weighted by atomic mass is 35.5. The van der Waals surface area contributed by atoms with Crippen LogP contribution in [0.4, 0.5) is 0 Å². The lowest BCUT2D eigenvalue weighted by Crippen LogP contribution is -1.97. The summed E-state index contributed by atoms with van der Waals surface area (Å²) in [4.78, 5) is 0. The van der Waals surface area contributed by atoms with E-state index >= 15 is 0 Å². The van der Waals surface area contributed by atoms with Gasteiger partial charge >= 0.3 is 0 Å².